The number of fused-ring (bicyclic) bond motifs is 1. The van der Waals surface area contributed by atoms with Crippen molar-refractivity contribution in [2.75, 3.05) is 12.4 Å². The first kappa shape index (κ1) is 17.3. The van der Waals surface area contributed by atoms with Crippen LogP contribution in [-0.2, 0) is 23.1 Å². The van der Waals surface area contributed by atoms with E-state index in [1.165, 1.54) is 16.7 Å². The highest BCUT2D eigenvalue weighted by atomic mass is 16.5. The zero-order chi connectivity index (χ0) is 18.9. The number of methoxy groups -OCH3 is 1. The SMILES string of the molecule is COc1ccc(NC(=O)C2(c3ccc(C)cc3)Cc3ccccc3C2)cn1. The number of carbonyl (C=O) groups is 1. The summed E-state index contributed by atoms with van der Waals surface area (Å²) < 4.78 is 5.09. The van der Waals surface area contributed by atoms with Crippen LogP contribution < -0.4 is 10.1 Å². The minimum Gasteiger partial charge on any atom is -0.481 e. The van der Waals surface area contributed by atoms with Gasteiger partial charge in [-0.15, -0.1) is 0 Å². The highest BCUT2D eigenvalue weighted by Crippen LogP contribution is 2.41. The molecule has 0 saturated heterocycles. The van der Waals surface area contributed by atoms with Gasteiger partial charge in [0.1, 0.15) is 0 Å². The third-order valence-corrected chi connectivity index (χ3v) is 5.34. The van der Waals surface area contributed by atoms with Crippen molar-refractivity contribution in [1.82, 2.24) is 4.98 Å². The Balaban J connectivity index is 1.70. The Bertz CT molecular complexity index is 937. The molecule has 1 aliphatic rings. The van der Waals surface area contributed by atoms with Crippen LogP contribution in [0.5, 0.6) is 5.88 Å². The first-order chi connectivity index (χ1) is 13.1. The predicted molar refractivity (Wildman–Crippen MR) is 106 cm³/mol. The Hall–Kier alpha value is -3.14. The first-order valence-corrected chi connectivity index (χ1v) is 9.06. The number of rotatable bonds is 4. The lowest BCUT2D eigenvalue weighted by Gasteiger charge is -2.28. The summed E-state index contributed by atoms with van der Waals surface area (Å²) in [5, 5.41) is 3.07. The van der Waals surface area contributed by atoms with Crippen molar-refractivity contribution in [2.24, 2.45) is 0 Å². The lowest BCUT2D eigenvalue weighted by molar-refractivity contribution is -0.121. The highest BCUT2D eigenvalue weighted by molar-refractivity contribution is 6.00. The number of hydrogen-bond donors (Lipinski definition) is 1. The molecule has 3 aromatic rings. The molecule has 4 rings (SSSR count). The molecule has 0 saturated carbocycles. The van der Waals surface area contributed by atoms with Crippen LogP contribution in [0.25, 0.3) is 0 Å². The summed E-state index contributed by atoms with van der Waals surface area (Å²) in [6.07, 6.45) is 3.02. The maximum Gasteiger partial charge on any atom is 0.235 e. The van der Waals surface area contributed by atoms with Crippen LogP contribution in [0.3, 0.4) is 0 Å². The summed E-state index contributed by atoms with van der Waals surface area (Å²) in [7, 11) is 1.57. The van der Waals surface area contributed by atoms with Crippen LogP contribution in [-0.4, -0.2) is 18.0 Å². The lowest BCUT2D eigenvalue weighted by atomic mass is 9.76. The topological polar surface area (TPSA) is 51.2 Å². The second-order valence-electron chi connectivity index (χ2n) is 7.11. The number of aromatic nitrogens is 1. The van der Waals surface area contributed by atoms with Gasteiger partial charge in [0.2, 0.25) is 11.8 Å². The molecule has 0 unspecified atom stereocenters. The number of nitrogens with zero attached hydrogens (tertiary/aromatic N) is 1. The van der Waals surface area contributed by atoms with E-state index < -0.39 is 5.41 Å². The summed E-state index contributed by atoms with van der Waals surface area (Å²) in [6, 6.07) is 20.2. The second-order valence-corrected chi connectivity index (χ2v) is 7.11. The molecule has 1 N–H and O–H groups in total. The van der Waals surface area contributed by atoms with Gasteiger partial charge < -0.3 is 10.1 Å². The fourth-order valence-electron chi connectivity index (χ4n) is 3.81. The number of ether oxygens (including phenoxy) is 1. The Morgan fingerprint density at radius 1 is 1.00 bits per heavy atom. The largest absolute Gasteiger partial charge is 0.481 e. The second kappa shape index (κ2) is 6.88. The summed E-state index contributed by atoms with van der Waals surface area (Å²) in [5.74, 6) is 0.518. The number of amides is 1. The Kier molecular flexibility index (Phi) is 4.40. The molecule has 4 nitrogen and oxygen atoms in total. The van der Waals surface area contributed by atoms with Crippen molar-refractivity contribution in [1.29, 1.82) is 0 Å². The molecule has 0 bridgehead atoms. The number of hydrogen-bond acceptors (Lipinski definition) is 3. The molecule has 27 heavy (non-hydrogen) atoms. The summed E-state index contributed by atoms with van der Waals surface area (Å²) in [5.41, 5.74) is 4.76. The van der Waals surface area contributed by atoms with E-state index in [9.17, 15) is 4.79 Å². The van der Waals surface area contributed by atoms with Crippen molar-refractivity contribution >= 4 is 11.6 Å². The molecule has 1 amide bonds. The van der Waals surface area contributed by atoms with E-state index in [0.717, 1.165) is 5.56 Å². The van der Waals surface area contributed by atoms with E-state index in [4.69, 9.17) is 4.74 Å². The van der Waals surface area contributed by atoms with Crippen LogP contribution in [0.4, 0.5) is 5.69 Å². The average Bonchev–Trinajstić information content (AvgIpc) is 3.10. The van der Waals surface area contributed by atoms with E-state index in [-0.39, 0.29) is 5.91 Å². The molecule has 2 aromatic carbocycles. The number of benzene rings is 2. The normalized spacial score (nSPS) is 14.4. The van der Waals surface area contributed by atoms with Gasteiger partial charge in [-0.25, -0.2) is 4.98 Å². The zero-order valence-corrected chi connectivity index (χ0v) is 15.5. The van der Waals surface area contributed by atoms with Gasteiger partial charge in [-0.05, 0) is 42.5 Å². The van der Waals surface area contributed by atoms with Crippen LogP contribution >= 0.6 is 0 Å². The summed E-state index contributed by atoms with van der Waals surface area (Å²) in [6.45, 7) is 2.06. The Morgan fingerprint density at radius 3 is 2.22 bits per heavy atom. The average molecular weight is 358 g/mol. The molecule has 0 radical (unpaired) electrons. The number of pyridine rings is 1. The fraction of sp³-hybridized carbons (Fsp3) is 0.217. The fourth-order valence-corrected chi connectivity index (χ4v) is 3.81. The first-order valence-electron chi connectivity index (χ1n) is 9.06. The maximum absolute atomic E-state index is 13.5. The third kappa shape index (κ3) is 3.19. The van der Waals surface area contributed by atoms with Crippen LogP contribution in [0, 0.1) is 6.92 Å². The van der Waals surface area contributed by atoms with Gasteiger partial charge in [0.15, 0.2) is 0 Å². The smallest absolute Gasteiger partial charge is 0.235 e. The molecule has 1 aromatic heterocycles. The van der Waals surface area contributed by atoms with Gasteiger partial charge in [0, 0.05) is 6.07 Å². The summed E-state index contributed by atoms with van der Waals surface area (Å²) in [4.78, 5) is 17.7. The molecule has 0 fully saturated rings. The minimum absolute atomic E-state index is 0.00507. The number of carbonyl (C=O) groups excluding carboxylic acids is 1. The van der Waals surface area contributed by atoms with Crippen LogP contribution in [0.15, 0.2) is 66.9 Å². The molecule has 1 heterocycles. The molecule has 136 valence electrons. The van der Waals surface area contributed by atoms with Gasteiger partial charge in [-0.2, -0.15) is 0 Å². The van der Waals surface area contributed by atoms with Gasteiger partial charge in [-0.3, -0.25) is 4.79 Å². The molecule has 0 atom stereocenters. The van der Waals surface area contributed by atoms with Crippen molar-refractivity contribution in [3.63, 3.8) is 0 Å². The lowest BCUT2D eigenvalue weighted by Crippen LogP contribution is -2.41. The standard InChI is InChI=1S/C23H22N2O2/c1-16-7-9-19(10-8-16)23(13-17-5-3-4-6-18(17)14-23)22(26)25-20-11-12-21(27-2)24-15-20/h3-12,15H,13-14H2,1-2H3,(H,25,26). The predicted octanol–water partition coefficient (Wildman–Crippen LogP) is 4.07. The molecular weight excluding hydrogens is 336 g/mol. The van der Waals surface area contributed by atoms with Crippen LogP contribution in [0.1, 0.15) is 22.3 Å². The molecule has 1 aliphatic carbocycles. The van der Waals surface area contributed by atoms with Gasteiger partial charge >= 0.3 is 0 Å². The van der Waals surface area contributed by atoms with E-state index in [0.29, 0.717) is 24.4 Å². The molecule has 0 spiro atoms. The van der Waals surface area contributed by atoms with Crippen molar-refractivity contribution in [3.8, 4) is 5.88 Å². The quantitative estimate of drug-likeness (QED) is 0.765. The van der Waals surface area contributed by atoms with Crippen molar-refractivity contribution in [2.45, 2.75) is 25.2 Å². The molecule has 4 heteroatoms. The number of nitrogens with one attached hydrogen (secondary N) is 1. The monoisotopic (exact) mass is 358 g/mol. The van der Waals surface area contributed by atoms with E-state index >= 15 is 0 Å². The van der Waals surface area contributed by atoms with Crippen LogP contribution in [0.2, 0.25) is 0 Å². The highest BCUT2D eigenvalue weighted by Gasteiger charge is 2.45. The minimum atomic E-state index is -0.614. The van der Waals surface area contributed by atoms with E-state index in [1.807, 2.05) is 18.2 Å². The van der Waals surface area contributed by atoms with Gasteiger partial charge in [0.05, 0.1) is 24.4 Å². The van der Waals surface area contributed by atoms with Gasteiger partial charge in [-0.1, -0.05) is 54.1 Å². The summed E-state index contributed by atoms with van der Waals surface area (Å²) >= 11 is 0. The van der Waals surface area contributed by atoms with E-state index in [2.05, 4.69) is 53.6 Å². The molecular formula is C23H22N2O2. The zero-order valence-electron chi connectivity index (χ0n) is 15.5. The maximum atomic E-state index is 13.5. The third-order valence-electron chi connectivity index (χ3n) is 5.34. The number of aryl methyl sites for hydroxylation is 1. The van der Waals surface area contributed by atoms with Gasteiger partial charge in [0.25, 0.3) is 0 Å². The Labute approximate surface area is 159 Å². The van der Waals surface area contributed by atoms with Crippen molar-refractivity contribution in [3.05, 3.63) is 89.1 Å². The number of anilines is 1. The van der Waals surface area contributed by atoms with Crippen molar-refractivity contribution < 1.29 is 9.53 Å². The Morgan fingerprint density at radius 2 is 1.67 bits per heavy atom. The molecule has 0 aliphatic heterocycles. The van der Waals surface area contributed by atoms with E-state index in [1.54, 1.807) is 19.4 Å².